The van der Waals surface area contributed by atoms with Crippen molar-refractivity contribution in [2.75, 3.05) is 16.0 Å². The van der Waals surface area contributed by atoms with Crippen molar-refractivity contribution in [1.82, 2.24) is 9.55 Å². The van der Waals surface area contributed by atoms with Crippen LogP contribution >= 0.6 is 0 Å². The molecule has 0 bridgehead atoms. The molecule has 0 unspecified atom stereocenters. The second kappa shape index (κ2) is 8.58. The fourth-order valence-electron chi connectivity index (χ4n) is 3.05. The lowest BCUT2D eigenvalue weighted by Crippen LogP contribution is -2.15. The summed E-state index contributed by atoms with van der Waals surface area (Å²) in [6.45, 7) is 0. The van der Waals surface area contributed by atoms with Gasteiger partial charge in [-0.2, -0.15) is 0 Å². The summed E-state index contributed by atoms with van der Waals surface area (Å²) in [4.78, 5) is 27.2. The van der Waals surface area contributed by atoms with Gasteiger partial charge >= 0.3 is 0 Å². The molecule has 0 spiro atoms. The van der Waals surface area contributed by atoms with Gasteiger partial charge in [-0.25, -0.2) is 4.39 Å². The zero-order valence-electron chi connectivity index (χ0n) is 16.6. The number of halogens is 1. The second-order valence-corrected chi connectivity index (χ2v) is 6.91. The minimum atomic E-state index is -0.505. The maximum Gasteiger partial charge on any atom is 0.272 e. The SMILES string of the molecule is Cn1cccc1C(=O)Nc1ccc(Nc2ccc(NC(=O)c3cc[nH]c3)cc2)c(F)c1. The first-order valence-corrected chi connectivity index (χ1v) is 9.53. The van der Waals surface area contributed by atoms with Crippen molar-refractivity contribution in [3.05, 3.63) is 96.3 Å². The molecule has 4 rings (SSSR count). The van der Waals surface area contributed by atoms with Crippen LogP contribution in [0, 0.1) is 5.82 Å². The number of aromatic nitrogens is 2. The molecule has 2 amide bonds. The predicted molar refractivity (Wildman–Crippen MR) is 118 cm³/mol. The zero-order valence-corrected chi connectivity index (χ0v) is 16.6. The average molecular weight is 417 g/mol. The molecule has 0 aliphatic carbocycles. The third-order valence-corrected chi connectivity index (χ3v) is 4.69. The molecule has 0 saturated carbocycles. The molecule has 2 aromatic heterocycles. The fourth-order valence-corrected chi connectivity index (χ4v) is 3.05. The Morgan fingerprint density at radius 3 is 2.26 bits per heavy atom. The lowest BCUT2D eigenvalue weighted by atomic mass is 10.2. The van der Waals surface area contributed by atoms with E-state index in [9.17, 15) is 14.0 Å². The standard InChI is InChI=1S/C23H20FN5O2/c1-29-12-2-3-21(29)23(31)28-18-8-9-20(19(24)13-18)26-16-4-6-17(7-5-16)27-22(30)15-10-11-25-14-15/h2-14,25-26H,1H3,(H,27,30)(H,28,31). The molecule has 156 valence electrons. The van der Waals surface area contributed by atoms with E-state index in [1.54, 1.807) is 84.8 Å². The van der Waals surface area contributed by atoms with Gasteiger partial charge in [-0.1, -0.05) is 0 Å². The first-order chi connectivity index (χ1) is 15.0. The van der Waals surface area contributed by atoms with Crippen molar-refractivity contribution in [3.8, 4) is 0 Å². The summed E-state index contributed by atoms with van der Waals surface area (Å²) in [5, 5.41) is 8.46. The number of aromatic amines is 1. The molecule has 0 aliphatic heterocycles. The average Bonchev–Trinajstić information content (AvgIpc) is 3.43. The Balaban J connectivity index is 1.39. The van der Waals surface area contributed by atoms with Gasteiger partial charge in [0.25, 0.3) is 11.8 Å². The summed E-state index contributed by atoms with van der Waals surface area (Å²) in [6.07, 6.45) is 5.05. The van der Waals surface area contributed by atoms with Crippen LogP contribution in [0.5, 0.6) is 0 Å². The molecule has 2 heterocycles. The first-order valence-electron chi connectivity index (χ1n) is 9.53. The molecule has 0 radical (unpaired) electrons. The number of rotatable bonds is 6. The van der Waals surface area contributed by atoms with E-state index in [2.05, 4.69) is 20.9 Å². The van der Waals surface area contributed by atoms with Gasteiger partial charge in [0.05, 0.1) is 11.3 Å². The van der Waals surface area contributed by atoms with Crippen molar-refractivity contribution in [2.24, 2.45) is 7.05 Å². The Labute approximate surface area is 177 Å². The van der Waals surface area contributed by atoms with Gasteiger partial charge in [0.1, 0.15) is 11.5 Å². The van der Waals surface area contributed by atoms with Crippen molar-refractivity contribution >= 4 is 34.6 Å². The van der Waals surface area contributed by atoms with Gasteiger partial charge < -0.3 is 25.5 Å². The van der Waals surface area contributed by atoms with Gasteiger partial charge in [0, 0.05) is 42.7 Å². The number of nitrogens with zero attached hydrogens (tertiary/aromatic N) is 1. The van der Waals surface area contributed by atoms with Crippen LogP contribution in [-0.2, 0) is 7.05 Å². The minimum absolute atomic E-state index is 0.221. The Kier molecular flexibility index (Phi) is 5.53. The summed E-state index contributed by atoms with van der Waals surface area (Å²) >= 11 is 0. The molecule has 7 nitrogen and oxygen atoms in total. The van der Waals surface area contributed by atoms with Gasteiger partial charge in [-0.3, -0.25) is 9.59 Å². The number of aryl methyl sites for hydroxylation is 1. The molecule has 0 atom stereocenters. The highest BCUT2D eigenvalue weighted by atomic mass is 19.1. The van der Waals surface area contributed by atoms with Crippen LogP contribution in [0.4, 0.5) is 27.1 Å². The molecule has 0 aliphatic rings. The number of H-pyrrole nitrogens is 1. The smallest absolute Gasteiger partial charge is 0.272 e. The molecule has 0 fully saturated rings. The van der Waals surface area contributed by atoms with E-state index in [-0.39, 0.29) is 17.5 Å². The van der Waals surface area contributed by atoms with E-state index in [1.165, 1.54) is 6.07 Å². The van der Waals surface area contributed by atoms with Crippen LogP contribution in [0.3, 0.4) is 0 Å². The predicted octanol–water partition coefficient (Wildman–Crippen LogP) is 4.74. The van der Waals surface area contributed by atoms with Crippen LogP contribution in [-0.4, -0.2) is 21.4 Å². The second-order valence-electron chi connectivity index (χ2n) is 6.91. The van der Waals surface area contributed by atoms with E-state index in [0.717, 1.165) is 0 Å². The quantitative estimate of drug-likeness (QED) is 0.365. The van der Waals surface area contributed by atoms with Crippen molar-refractivity contribution in [1.29, 1.82) is 0 Å². The lowest BCUT2D eigenvalue weighted by molar-refractivity contribution is 0.101. The Hall–Kier alpha value is -4.33. The number of carbonyl (C=O) groups excluding carboxylic acids is 2. The number of anilines is 4. The number of hydrogen-bond acceptors (Lipinski definition) is 3. The number of carbonyl (C=O) groups is 2. The fraction of sp³-hybridized carbons (Fsp3) is 0.0435. The molecular weight excluding hydrogens is 397 g/mol. The van der Waals surface area contributed by atoms with E-state index in [0.29, 0.717) is 28.3 Å². The maximum atomic E-state index is 14.5. The highest BCUT2D eigenvalue weighted by molar-refractivity contribution is 6.04. The van der Waals surface area contributed by atoms with E-state index in [1.807, 2.05) is 0 Å². The van der Waals surface area contributed by atoms with Crippen LogP contribution in [0.1, 0.15) is 20.8 Å². The van der Waals surface area contributed by atoms with Crippen LogP contribution in [0.2, 0.25) is 0 Å². The minimum Gasteiger partial charge on any atom is -0.367 e. The topological polar surface area (TPSA) is 90.9 Å². The summed E-state index contributed by atoms with van der Waals surface area (Å²) in [5.74, 6) is -1.04. The molecule has 8 heteroatoms. The van der Waals surface area contributed by atoms with Crippen molar-refractivity contribution in [3.63, 3.8) is 0 Å². The zero-order chi connectivity index (χ0) is 21.8. The van der Waals surface area contributed by atoms with Gasteiger partial charge in [0.2, 0.25) is 0 Å². The number of hydrogen-bond donors (Lipinski definition) is 4. The van der Waals surface area contributed by atoms with Crippen LogP contribution in [0.15, 0.2) is 79.3 Å². The molecular formula is C23H20FN5O2. The monoisotopic (exact) mass is 417 g/mol. The van der Waals surface area contributed by atoms with E-state index < -0.39 is 5.82 Å². The molecule has 4 aromatic rings. The first kappa shape index (κ1) is 20.0. The summed E-state index contributed by atoms with van der Waals surface area (Å²) in [7, 11) is 1.76. The Bertz CT molecular complexity index is 1210. The van der Waals surface area contributed by atoms with Gasteiger partial charge in [0.15, 0.2) is 0 Å². The van der Waals surface area contributed by atoms with E-state index >= 15 is 0 Å². The summed E-state index contributed by atoms with van der Waals surface area (Å²) < 4.78 is 16.2. The van der Waals surface area contributed by atoms with Crippen LogP contribution in [0.25, 0.3) is 0 Å². The van der Waals surface area contributed by atoms with Crippen LogP contribution < -0.4 is 16.0 Å². The normalized spacial score (nSPS) is 10.5. The van der Waals surface area contributed by atoms with E-state index in [4.69, 9.17) is 0 Å². The Morgan fingerprint density at radius 2 is 1.61 bits per heavy atom. The van der Waals surface area contributed by atoms with Crippen molar-refractivity contribution < 1.29 is 14.0 Å². The van der Waals surface area contributed by atoms with Gasteiger partial charge in [-0.05, 0) is 60.7 Å². The maximum absolute atomic E-state index is 14.5. The number of benzene rings is 2. The highest BCUT2D eigenvalue weighted by Crippen LogP contribution is 2.24. The molecule has 2 aromatic carbocycles. The van der Waals surface area contributed by atoms with Gasteiger partial charge in [-0.15, -0.1) is 0 Å². The lowest BCUT2D eigenvalue weighted by Gasteiger charge is -2.11. The highest BCUT2D eigenvalue weighted by Gasteiger charge is 2.11. The largest absolute Gasteiger partial charge is 0.367 e. The number of nitrogens with one attached hydrogen (secondary N) is 4. The number of amides is 2. The van der Waals surface area contributed by atoms with Crippen molar-refractivity contribution in [2.45, 2.75) is 0 Å². The Morgan fingerprint density at radius 1 is 0.903 bits per heavy atom. The molecule has 4 N–H and O–H groups in total. The third-order valence-electron chi connectivity index (χ3n) is 4.69. The third kappa shape index (κ3) is 4.64. The molecule has 0 saturated heterocycles. The molecule has 31 heavy (non-hydrogen) atoms. The summed E-state index contributed by atoms with van der Waals surface area (Å²) in [5.41, 5.74) is 2.91. The summed E-state index contributed by atoms with van der Waals surface area (Å²) in [6, 6.07) is 16.5.